The first kappa shape index (κ1) is 9.38. The van der Waals surface area contributed by atoms with Crippen molar-refractivity contribution in [2.75, 3.05) is 0 Å². The molecule has 68 valence electrons. The van der Waals surface area contributed by atoms with Gasteiger partial charge >= 0.3 is 5.97 Å². The van der Waals surface area contributed by atoms with E-state index in [1.54, 1.807) is 24.4 Å². The fourth-order valence-corrected chi connectivity index (χ4v) is 0.895. The standard InChI is InChI=1S/C9H9NO3/c11-8(9(12)13)5-4-7-3-1-2-6-10-7/h1-3,6H,4-5H2,(H,12,13). The Balaban J connectivity index is 2.44. The maximum Gasteiger partial charge on any atom is 0.372 e. The number of carboxylic acid groups (broad SMARTS) is 1. The molecule has 0 aliphatic carbocycles. The molecule has 0 aromatic carbocycles. The Labute approximate surface area is 75.2 Å². The average Bonchev–Trinajstić information content (AvgIpc) is 2.15. The Morgan fingerprint density at radius 2 is 2.15 bits per heavy atom. The van der Waals surface area contributed by atoms with E-state index in [2.05, 4.69) is 4.98 Å². The van der Waals surface area contributed by atoms with E-state index in [1.807, 2.05) is 0 Å². The molecular weight excluding hydrogens is 170 g/mol. The Hall–Kier alpha value is -1.71. The third-order valence-corrected chi connectivity index (χ3v) is 1.57. The summed E-state index contributed by atoms with van der Waals surface area (Å²) in [4.78, 5) is 24.8. The lowest BCUT2D eigenvalue weighted by Gasteiger charge is -1.96. The Morgan fingerprint density at radius 3 is 2.69 bits per heavy atom. The first-order chi connectivity index (χ1) is 6.20. The van der Waals surface area contributed by atoms with Gasteiger partial charge in [0.25, 0.3) is 0 Å². The van der Waals surface area contributed by atoms with Gasteiger partial charge in [0.1, 0.15) is 0 Å². The first-order valence-corrected chi connectivity index (χ1v) is 3.86. The molecule has 0 unspecified atom stereocenters. The number of hydrogen-bond donors (Lipinski definition) is 1. The van der Waals surface area contributed by atoms with Gasteiger partial charge in [-0.05, 0) is 18.6 Å². The largest absolute Gasteiger partial charge is 0.476 e. The number of aromatic nitrogens is 1. The molecule has 1 heterocycles. The molecule has 0 amide bonds. The lowest BCUT2D eigenvalue weighted by atomic mass is 10.1. The fraction of sp³-hybridized carbons (Fsp3) is 0.222. The first-order valence-electron chi connectivity index (χ1n) is 3.86. The van der Waals surface area contributed by atoms with Crippen LogP contribution in [0.25, 0.3) is 0 Å². The van der Waals surface area contributed by atoms with Crippen LogP contribution >= 0.6 is 0 Å². The maximum absolute atomic E-state index is 10.7. The van der Waals surface area contributed by atoms with Crippen LogP contribution < -0.4 is 0 Å². The van der Waals surface area contributed by atoms with Crippen molar-refractivity contribution >= 4 is 11.8 Å². The van der Waals surface area contributed by atoms with E-state index in [0.29, 0.717) is 6.42 Å². The zero-order valence-electron chi connectivity index (χ0n) is 6.93. The van der Waals surface area contributed by atoms with Crippen LogP contribution in [0.15, 0.2) is 24.4 Å². The van der Waals surface area contributed by atoms with Gasteiger partial charge in [-0.3, -0.25) is 9.78 Å². The van der Waals surface area contributed by atoms with Gasteiger partial charge in [-0.15, -0.1) is 0 Å². The van der Waals surface area contributed by atoms with Crippen LogP contribution in [-0.2, 0) is 16.0 Å². The van der Waals surface area contributed by atoms with Gasteiger partial charge in [0.2, 0.25) is 5.78 Å². The number of rotatable bonds is 4. The van der Waals surface area contributed by atoms with Crippen LogP contribution in [0.5, 0.6) is 0 Å². The van der Waals surface area contributed by atoms with Gasteiger partial charge in [-0.1, -0.05) is 6.07 Å². The SMILES string of the molecule is O=C(O)C(=O)CCc1ccccn1. The summed E-state index contributed by atoms with van der Waals surface area (Å²) in [5, 5.41) is 8.29. The van der Waals surface area contributed by atoms with Crippen molar-refractivity contribution in [2.24, 2.45) is 0 Å². The van der Waals surface area contributed by atoms with Crippen LogP contribution in [-0.4, -0.2) is 21.8 Å². The van der Waals surface area contributed by atoms with Gasteiger partial charge in [0, 0.05) is 18.3 Å². The number of Topliss-reactive ketones (excluding diaryl/α,β-unsaturated/α-hetero) is 1. The number of carboxylic acids is 1. The molecule has 1 N–H and O–H groups in total. The molecule has 0 fully saturated rings. The summed E-state index contributed by atoms with van der Waals surface area (Å²) in [6.45, 7) is 0. The molecule has 0 aliphatic rings. The number of pyridine rings is 1. The second kappa shape index (κ2) is 4.35. The van der Waals surface area contributed by atoms with E-state index in [-0.39, 0.29) is 6.42 Å². The second-order valence-electron chi connectivity index (χ2n) is 2.55. The average molecular weight is 179 g/mol. The molecule has 0 spiro atoms. The van der Waals surface area contributed by atoms with Crippen molar-refractivity contribution in [3.05, 3.63) is 30.1 Å². The van der Waals surface area contributed by atoms with Crippen LogP contribution in [0, 0.1) is 0 Å². The second-order valence-corrected chi connectivity index (χ2v) is 2.55. The van der Waals surface area contributed by atoms with E-state index >= 15 is 0 Å². The highest BCUT2D eigenvalue weighted by Gasteiger charge is 2.10. The highest BCUT2D eigenvalue weighted by molar-refractivity contribution is 6.32. The summed E-state index contributed by atoms with van der Waals surface area (Å²) in [6.07, 6.45) is 2.00. The smallest absolute Gasteiger partial charge is 0.372 e. The molecule has 0 bridgehead atoms. The summed E-state index contributed by atoms with van der Waals surface area (Å²) in [7, 11) is 0. The molecule has 0 aliphatic heterocycles. The summed E-state index contributed by atoms with van der Waals surface area (Å²) in [5.41, 5.74) is 0.733. The number of ketones is 1. The molecule has 4 nitrogen and oxygen atoms in total. The molecule has 4 heteroatoms. The normalized spacial score (nSPS) is 9.54. The van der Waals surface area contributed by atoms with E-state index in [1.165, 1.54) is 0 Å². The summed E-state index contributed by atoms with van der Waals surface area (Å²) >= 11 is 0. The Bertz CT molecular complexity index is 308. The number of carbonyl (C=O) groups excluding carboxylic acids is 1. The van der Waals surface area contributed by atoms with Gasteiger partial charge < -0.3 is 5.11 Å². The van der Waals surface area contributed by atoms with E-state index < -0.39 is 11.8 Å². The molecule has 1 aromatic rings. The van der Waals surface area contributed by atoms with Crippen LogP contribution in [0.1, 0.15) is 12.1 Å². The van der Waals surface area contributed by atoms with Crippen molar-refractivity contribution in [1.29, 1.82) is 0 Å². The number of carbonyl (C=O) groups is 2. The third-order valence-electron chi connectivity index (χ3n) is 1.57. The fourth-order valence-electron chi connectivity index (χ4n) is 0.895. The maximum atomic E-state index is 10.7. The molecule has 0 saturated carbocycles. The monoisotopic (exact) mass is 179 g/mol. The highest BCUT2D eigenvalue weighted by atomic mass is 16.4. The van der Waals surface area contributed by atoms with E-state index in [0.717, 1.165) is 5.69 Å². The number of aliphatic carboxylic acids is 1. The van der Waals surface area contributed by atoms with Crippen molar-refractivity contribution in [2.45, 2.75) is 12.8 Å². The van der Waals surface area contributed by atoms with Gasteiger partial charge in [-0.25, -0.2) is 4.79 Å². The van der Waals surface area contributed by atoms with Crippen molar-refractivity contribution in [3.63, 3.8) is 0 Å². The Morgan fingerprint density at radius 1 is 1.38 bits per heavy atom. The quantitative estimate of drug-likeness (QED) is 0.690. The van der Waals surface area contributed by atoms with Crippen molar-refractivity contribution in [1.82, 2.24) is 4.98 Å². The zero-order valence-corrected chi connectivity index (χ0v) is 6.93. The van der Waals surface area contributed by atoms with Crippen LogP contribution in [0.4, 0.5) is 0 Å². The minimum atomic E-state index is -1.38. The molecule has 13 heavy (non-hydrogen) atoms. The predicted octanol–water partition coefficient (Wildman–Crippen LogP) is 0.668. The molecule has 0 saturated heterocycles. The third kappa shape index (κ3) is 3.02. The van der Waals surface area contributed by atoms with Crippen LogP contribution in [0.3, 0.4) is 0 Å². The molecule has 1 aromatic heterocycles. The van der Waals surface area contributed by atoms with E-state index in [9.17, 15) is 9.59 Å². The zero-order chi connectivity index (χ0) is 9.68. The summed E-state index contributed by atoms with van der Waals surface area (Å²) in [5.74, 6) is -2.15. The summed E-state index contributed by atoms with van der Waals surface area (Å²) in [6, 6.07) is 5.32. The molecule has 0 atom stereocenters. The topological polar surface area (TPSA) is 67.3 Å². The van der Waals surface area contributed by atoms with Crippen molar-refractivity contribution < 1.29 is 14.7 Å². The lowest BCUT2D eigenvalue weighted by Crippen LogP contribution is -2.13. The lowest BCUT2D eigenvalue weighted by molar-refractivity contribution is -0.149. The van der Waals surface area contributed by atoms with Crippen LogP contribution in [0.2, 0.25) is 0 Å². The van der Waals surface area contributed by atoms with Gasteiger partial charge in [0.15, 0.2) is 0 Å². The number of hydrogen-bond acceptors (Lipinski definition) is 3. The summed E-state index contributed by atoms with van der Waals surface area (Å²) < 4.78 is 0. The minimum absolute atomic E-state index is 0.00630. The molecule has 1 rings (SSSR count). The number of aryl methyl sites for hydroxylation is 1. The minimum Gasteiger partial charge on any atom is -0.476 e. The molecule has 0 radical (unpaired) electrons. The predicted molar refractivity (Wildman–Crippen MR) is 45.2 cm³/mol. The Kier molecular flexibility index (Phi) is 3.14. The molecular formula is C9H9NO3. The van der Waals surface area contributed by atoms with Gasteiger partial charge in [0.05, 0.1) is 0 Å². The number of nitrogens with zero attached hydrogens (tertiary/aromatic N) is 1. The van der Waals surface area contributed by atoms with E-state index in [4.69, 9.17) is 5.11 Å². The van der Waals surface area contributed by atoms with Gasteiger partial charge in [-0.2, -0.15) is 0 Å². The van der Waals surface area contributed by atoms with Crippen molar-refractivity contribution in [3.8, 4) is 0 Å². The highest BCUT2D eigenvalue weighted by Crippen LogP contribution is 1.98.